The van der Waals surface area contributed by atoms with E-state index in [1.54, 1.807) is 67.8 Å². The van der Waals surface area contributed by atoms with Crippen molar-refractivity contribution in [2.24, 2.45) is 5.92 Å². The molecule has 1 saturated heterocycles. The second kappa shape index (κ2) is 11.0. The number of hydrogen-bond donors (Lipinski definition) is 1. The summed E-state index contributed by atoms with van der Waals surface area (Å²) in [6, 6.07) is 20.4. The highest BCUT2D eigenvalue weighted by Crippen LogP contribution is 2.54. The number of anilines is 2. The Kier molecular flexibility index (Phi) is 7.41. The molecular weight excluding hydrogens is 605 g/mol. The number of ether oxygens (including phenoxy) is 1. The first-order valence-electron chi connectivity index (χ1n) is 12.5. The molecule has 3 atom stereocenters. The molecule has 1 N–H and O–H groups in total. The van der Waals surface area contributed by atoms with Crippen LogP contribution in [0.3, 0.4) is 0 Å². The number of nitrogens with zero attached hydrogens (tertiary/aromatic N) is 2. The molecule has 208 valence electrons. The number of fused-ring (bicyclic) bond motifs is 2. The quantitative estimate of drug-likeness (QED) is 0.278. The Morgan fingerprint density at radius 1 is 0.902 bits per heavy atom. The van der Waals surface area contributed by atoms with E-state index < -0.39 is 23.0 Å². The predicted octanol–water partition coefficient (Wildman–Crippen LogP) is 5.66. The van der Waals surface area contributed by atoms with Crippen LogP contribution in [0.2, 0.25) is 10.0 Å². The van der Waals surface area contributed by atoms with Gasteiger partial charge in [0, 0.05) is 26.5 Å². The lowest BCUT2D eigenvalue weighted by molar-refractivity contribution is -0.122. The van der Waals surface area contributed by atoms with Crippen molar-refractivity contribution in [3.05, 3.63) is 103 Å². The van der Waals surface area contributed by atoms with Gasteiger partial charge < -0.3 is 10.1 Å². The van der Waals surface area contributed by atoms with E-state index in [9.17, 15) is 19.2 Å². The van der Waals surface area contributed by atoms with Gasteiger partial charge in [-0.2, -0.15) is 0 Å². The van der Waals surface area contributed by atoms with Crippen molar-refractivity contribution >= 4 is 75.4 Å². The summed E-state index contributed by atoms with van der Waals surface area (Å²) in [4.78, 5) is 55.5. The molecule has 3 amide bonds. The fourth-order valence-electron chi connectivity index (χ4n) is 5.15. The van der Waals surface area contributed by atoms with Crippen LogP contribution >= 0.6 is 46.3 Å². The maximum absolute atomic E-state index is 13.9. The number of nitrogens with one attached hydrogen (secondary N) is 1. The summed E-state index contributed by atoms with van der Waals surface area (Å²) in [5.74, 6) is -1.83. The Bertz CT molecular complexity index is 1720. The van der Waals surface area contributed by atoms with E-state index in [0.29, 0.717) is 37.1 Å². The van der Waals surface area contributed by atoms with Crippen LogP contribution in [0.1, 0.15) is 16.4 Å². The van der Waals surface area contributed by atoms with E-state index in [0.717, 1.165) is 28.7 Å². The standard InChI is InChI=1S/C29H21Cl2N3O5S2/c1-39-20-12-2-15(3-13-20)22-23-24(27(37)34(26(23)36)19-10-6-17(31)7-11-19)40-28-25(22)41-29(38)33(28)14-21(35)32-18-8-4-16(30)5-9-18/h2-13,22-24H,14H2,1H3,(H,32,35)/t22-,23-,24+/m0/s1. The summed E-state index contributed by atoms with van der Waals surface area (Å²) in [7, 11) is 1.56. The first-order chi connectivity index (χ1) is 19.7. The van der Waals surface area contributed by atoms with Gasteiger partial charge in [0.05, 0.1) is 23.7 Å². The summed E-state index contributed by atoms with van der Waals surface area (Å²) >= 11 is 14.1. The van der Waals surface area contributed by atoms with E-state index in [4.69, 9.17) is 27.9 Å². The first kappa shape index (κ1) is 27.6. The van der Waals surface area contributed by atoms with Crippen molar-refractivity contribution in [2.45, 2.75) is 22.7 Å². The Morgan fingerprint density at radius 2 is 1.54 bits per heavy atom. The number of hydrogen-bond acceptors (Lipinski definition) is 7. The number of methoxy groups -OCH3 is 1. The molecule has 1 fully saturated rings. The predicted molar refractivity (Wildman–Crippen MR) is 161 cm³/mol. The lowest BCUT2D eigenvalue weighted by Crippen LogP contribution is -2.33. The van der Waals surface area contributed by atoms with E-state index in [1.165, 1.54) is 9.47 Å². The van der Waals surface area contributed by atoms with Gasteiger partial charge in [-0.15, -0.1) is 0 Å². The molecular formula is C29H21Cl2N3O5S2. The van der Waals surface area contributed by atoms with Crippen LogP contribution in [0.15, 0.2) is 82.6 Å². The third-order valence-corrected chi connectivity index (χ3v) is 10.1. The number of thioether (sulfide) groups is 1. The van der Waals surface area contributed by atoms with E-state index >= 15 is 0 Å². The Hall–Kier alpha value is -3.57. The zero-order valence-electron chi connectivity index (χ0n) is 21.4. The third kappa shape index (κ3) is 5.05. The highest BCUT2D eigenvalue weighted by atomic mass is 35.5. The summed E-state index contributed by atoms with van der Waals surface area (Å²) < 4.78 is 6.69. The molecule has 4 aromatic rings. The smallest absolute Gasteiger partial charge is 0.308 e. The minimum absolute atomic E-state index is 0.254. The minimum Gasteiger partial charge on any atom is -0.497 e. The van der Waals surface area contributed by atoms with Crippen LogP contribution in [-0.2, 0) is 20.9 Å². The minimum atomic E-state index is -0.794. The molecule has 8 nitrogen and oxygen atoms in total. The van der Waals surface area contributed by atoms with Gasteiger partial charge in [0.1, 0.15) is 17.5 Å². The average molecular weight is 627 g/mol. The number of halogens is 2. The summed E-state index contributed by atoms with van der Waals surface area (Å²) in [6.45, 7) is -0.254. The van der Waals surface area contributed by atoms with Crippen molar-refractivity contribution in [3.8, 4) is 5.75 Å². The van der Waals surface area contributed by atoms with E-state index in [1.807, 2.05) is 12.1 Å². The highest BCUT2D eigenvalue weighted by Gasteiger charge is 2.56. The maximum Gasteiger partial charge on any atom is 0.308 e. The molecule has 6 rings (SSSR count). The molecule has 2 aliphatic rings. The molecule has 0 spiro atoms. The zero-order chi connectivity index (χ0) is 28.8. The molecule has 1 aromatic heterocycles. The maximum atomic E-state index is 13.9. The van der Waals surface area contributed by atoms with Gasteiger partial charge in [-0.25, -0.2) is 4.90 Å². The molecule has 3 heterocycles. The summed E-state index contributed by atoms with van der Waals surface area (Å²) in [5, 5.41) is 3.51. The molecule has 0 saturated carbocycles. The van der Waals surface area contributed by atoms with Crippen molar-refractivity contribution in [2.75, 3.05) is 17.3 Å². The van der Waals surface area contributed by atoms with Gasteiger partial charge in [-0.3, -0.25) is 23.7 Å². The van der Waals surface area contributed by atoms with Crippen LogP contribution in [0.25, 0.3) is 0 Å². The number of benzene rings is 3. The lowest BCUT2D eigenvalue weighted by Gasteiger charge is -2.30. The molecule has 3 aromatic carbocycles. The topological polar surface area (TPSA) is 97.7 Å². The molecule has 12 heteroatoms. The summed E-state index contributed by atoms with van der Waals surface area (Å²) in [6.07, 6.45) is 0. The number of amides is 3. The number of aromatic nitrogens is 1. The lowest BCUT2D eigenvalue weighted by atomic mass is 9.83. The number of thiazole rings is 1. The van der Waals surface area contributed by atoms with Crippen molar-refractivity contribution in [1.82, 2.24) is 4.57 Å². The van der Waals surface area contributed by atoms with Crippen molar-refractivity contribution in [1.29, 1.82) is 0 Å². The fraction of sp³-hybridized carbons (Fsp3) is 0.172. The molecule has 2 aliphatic heterocycles. The van der Waals surface area contributed by atoms with Crippen LogP contribution in [0, 0.1) is 5.92 Å². The van der Waals surface area contributed by atoms with Gasteiger partial charge in [0.2, 0.25) is 17.7 Å². The SMILES string of the molecule is COc1ccc([C@@H]2c3sc(=O)n(CC(=O)Nc4ccc(Cl)cc4)c3S[C@H]3C(=O)N(c4ccc(Cl)cc4)C(=O)[C@@H]23)cc1. The third-order valence-electron chi connectivity index (χ3n) is 7.04. The van der Waals surface area contributed by atoms with Crippen LogP contribution in [0.5, 0.6) is 5.75 Å². The first-order valence-corrected chi connectivity index (χ1v) is 14.9. The molecule has 0 bridgehead atoms. The second-order valence-electron chi connectivity index (χ2n) is 9.48. The Morgan fingerprint density at radius 3 is 2.17 bits per heavy atom. The number of carbonyl (C=O) groups excluding carboxylic acids is 3. The number of imide groups is 1. The largest absolute Gasteiger partial charge is 0.497 e. The molecule has 0 unspecified atom stereocenters. The highest BCUT2D eigenvalue weighted by molar-refractivity contribution is 8.00. The van der Waals surface area contributed by atoms with E-state index in [-0.39, 0.29) is 23.2 Å². The zero-order valence-corrected chi connectivity index (χ0v) is 24.5. The van der Waals surface area contributed by atoms with Crippen molar-refractivity contribution < 1.29 is 19.1 Å². The van der Waals surface area contributed by atoms with Crippen LogP contribution < -0.4 is 19.8 Å². The summed E-state index contributed by atoms with van der Waals surface area (Å²) in [5.41, 5.74) is 1.73. The molecule has 41 heavy (non-hydrogen) atoms. The van der Waals surface area contributed by atoms with Gasteiger partial charge in [-0.1, -0.05) is 58.4 Å². The van der Waals surface area contributed by atoms with Crippen molar-refractivity contribution in [3.63, 3.8) is 0 Å². The normalized spacial score (nSPS) is 19.6. The monoisotopic (exact) mass is 625 g/mol. The number of rotatable bonds is 6. The Labute approximate surface area is 252 Å². The van der Waals surface area contributed by atoms with E-state index in [2.05, 4.69) is 5.32 Å². The average Bonchev–Trinajstić information content (AvgIpc) is 3.41. The Balaban J connectivity index is 1.40. The molecule has 0 aliphatic carbocycles. The van der Waals surface area contributed by atoms with Gasteiger partial charge in [0.25, 0.3) is 0 Å². The van der Waals surface area contributed by atoms with Crippen LogP contribution in [0.4, 0.5) is 11.4 Å². The van der Waals surface area contributed by atoms with Crippen LogP contribution in [-0.4, -0.2) is 34.6 Å². The number of carbonyl (C=O) groups is 3. The van der Waals surface area contributed by atoms with Gasteiger partial charge in [-0.05, 0) is 66.2 Å². The van der Waals surface area contributed by atoms with Gasteiger partial charge in [0.15, 0.2) is 0 Å². The second-order valence-corrected chi connectivity index (χ2v) is 12.5. The molecule has 0 radical (unpaired) electrons. The van der Waals surface area contributed by atoms with Gasteiger partial charge >= 0.3 is 4.87 Å². The fourth-order valence-corrected chi connectivity index (χ4v) is 8.17.